The Morgan fingerprint density at radius 2 is 2.16 bits per heavy atom. The van der Waals surface area contributed by atoms with Crippen LogP contribution in [0.1, 0.15) is 17.1 Å². The van der Waals surface area contributed by atoms with Crippen LogP contribution in [0, 0.1) is 6.92 Å². The van der Waals surface area contributed by atoms with Crippen molar-refractivity contribution in [1.82, 2.24) is 9.97 Å². The van der Waals surface area contributed by atoms with E-state index < -0.39 is 0 Å². The average Bonchev–Trinajstić information content (AvgIpc) is 2.37. The molecule has 0 unspecified atom stereocenters. The Morgan fingerprint density at radius 3 is 2.89 bits per heavy atom. The predicted molar refractivity (Wildman–Crippen MR) is 78.4 cm³/mol. The van der Waals surface area contributed by atoms with Gasteiger partial charge in [-0.25, -0.2) is 4.98 Å². The highest BCUT2D eigenvalue weighted by Crippen LogP contribution is 2.24. The van der Waals surface area contributed by atoms with E-state index in [-0.39, 0.29) is 5.56 Å². The highest BCUT2D eigenvalue weighted by Gasteiger charge is 2.03. The summed E-state index contributed by atoms with van der Waals surface area (Å²) in [6, 6.07) is 9.68. The first-order chi connectivity index (χ1) is 9.19. The summed E-state index contributed by atoms with van der Waals surface area (Å²) in [5, 5.41) is 0. The van der Waals surface area contributed by atoms with E-state index in [0.717, 1.165) is 5.69 Å². The molecule has 2 rings (SSSR count). The lowest BCUT2D eigenvalue weighted by atomic mass is 10.2. The van der Waals surface area contributed by atoms with E-state index in [9.17, 15) is 4.79 Å². The smallest absolute Gasteiger partial charge is 0.251 e. The van der Waals surface area contributed by atoms with E-state index in [0.29, 0.717) is 24.5 Å². The van der Waals surface area contributed by atoms with Crippen LogP contribution in [-0.2, 0) is 12.2 Å². The highest BCUT2D eigenvalue weighted by molar-refractivity contribution is 7.98. The van der Waals surface area contributed by atoms with Crippen molar-refractivity contribution in [2.24, 2.45) is 5.73 Å². The maximum absolute atomic E-state index is 11.5. The molecule has 0 bridgehead atoms. The fourth-order valence-corrected chi connectivity index (χ4v) is 2.67. The van der Waals surface area contributed by atoms with Crippen LogP contribution in [0.3, 0.4) is 0 Å². The Bertz CT molecular complexity index is 610. The molecule has 4 nitrogen and oxygen atoms in total. The minimum atomic E-state index is -0.112. The third kappa shape index (κ3) is 3.94. The second-order valence-electron chi connectivity index (χ2n) is 4.28. The van der Waals surface area contributed by atoms with Crippen molar-refractivity contribution in [1.29, 1.82) is 0 Å². The molecule has 100 valence electrons. The number of nitrogens with one attached hydrogen (secondary N) is 1. The molecular formula is C14H17N3OS. The van der Waals surface area contributed by atoms with E-state index in [2.05, 4.69) is 29.0 Å². The van der Waals surface area contributed by atoms with Crippen LogP contribution in [0.4, 0.5) is 0 Å². The molecule has 19 heavy (non-hydrogen) atoms. The van der Waals surface area contributed by atoms with E-state index >= 15 is 0 Å². The third-order valence-electron chi connectivity index (χ3n) is 2.70. The lowest BCUT2D eigenvalue weighted by Crippen LogP contribution is -2.14. The maximum Gasteiger partial charge on any atom is 0.251 e. The van der Waals surface area contributed by atoms with Gasteiger partial charge in [-0.3, -0.25) is 4.79 Å². The Labute approximate surface area is 116 Å². The molecule has 0 aliphatic rings. The molecule has 0 amide bonds. The van der Waals surface area contributed by atoms with Gasteiger partial charge < -0.3 is 10.7 Å². The average molecular weight is 275 g/mol. The van der Waals surface area contributed by atoms with Gasteiger partial charge in [0.05, 0.1) is 5.75 Å². The molecule has 0 atom stereocenters. The summed E-state index contributed by atoms with van der Waals surface area (Å²) in [5.74, 6) is 1.35. The summed E-state index contributed by atoms with van der Waals surface area (Å²) in [5.41, 5.74) is 7.36. The van der Waals surface area contributed by atoms with Crippen molar-refractivity contribution in [2.75, 3.05) is 6.54 Å². The summed E-state index contributed by atoms with van der Waals surface area (Å²) in [6.45, 7) is 2.57. The van der Waals surface area contributed by atoms with E-state index in [1.807, 2.05) is 12.1 Å². The van der Waals surface area contributed by atoms with Crippen molar-refractivity contribution in [3.05, 3.63) is 57.8 Å². The predicted octanol–water partition coefficient (Wildman–Crippen LogP) is 1.87. The summed E-state index contributed by atoms with van der Waals surface area (Å²) in [7, 11) is 0. The molecule has 0 aliphatic heterocycles. The van der Waals surface area contributed by atoms with E-state index in [4.69, 9.17) is 5.73 Å². The highest BCUT2D eigenvalue weighted by atomic mass is 32.2. The molecule has 5 heteroatoms. The number of aryl methyl sites for hydroxylation is 1. The zero-order valence-corrected chi connectivity index (χ0v) is 11.7. The van der Waals surface area contributed by atoms with Crippen LogP contribution in [0.2, 0.25) is 0 Å². The monoisotopic (exact) mass is 275 g/mol. The molecular weight excluding hydrogens is 258 g/mol. The quantitative estimate of drug-likeness (QED) is 0.817. The summed E-state index contributed by atoms with van der Waals surface area (Å²) >= 11 is 1.67. The fourth-order valence-electron chi connectivity index (χ4n) is 1.77. The molecule has 1 aromatic carbocycles. The number of H-pyrrole nitrogens is 1. The Balaban J connectivity index is 2.11. The molecule has 0 saturated heterocycles. The van der Waals surface area contributed by atoms with Crippen LogP contribution in [-0.4, -0.2) is 16.5 Å². The van der Waals surface area contributed by atoms with Crippen molar-refractivity contribution >= 4 is 11.8 Å². The molecule has 2 aromatic rings. The van der Waals surface area contributed by atoms with Gasteiger partial charge in [0, 0.05) is 23.1 Å². The first-order valence-corrected chi connectivity index (χ1v) is 7.15. The number of thioether (sulfide) groups is 1. The van der Waals surface area contributed by atoms with Gasteiger partial charge in [-0.2, -0.15) is 0 Å². The van der Waals surface area contributed by atoms with Crippen LogP contribution >= 0.6 is 11.8 Å². The van der Waals surface area contributed by atoms with E-state index in [1.54, 1.807) is 11.8 Å². The molecule has 1 aromatic heterocycles. The largest absolute Gasteiger partial charge is 0.330 e. The number of hydrogen-bond acceptors (Lipinski definition) is 4. The lowest BCUT2D eigenvalue weighted by molar-refractivity contribution is 0.872. The number of benzene rings is 1. The van der Waals surface area contributed by atoms with Gasteiger partial charge in [-0.1, -0.05) is 18.2 Å². The summed E-state index contributed by atoms with van der Waals surface area (Å²) < 4.78 is 0. The lowest BCUT2D eigenvalue weighted by Gasteiger charge is -2.06. The van der Waals surface area contributed by atoms with Gasteiger partial charge in [0.25, 0.3) is 5.56 Å². The molecule has 0 aliphatic carbocycles. The standard InChI is InChI=1S/C14H17N3OS/c1-10-4-2-3-5-12(10)19-9-13-16-11(6-7-15)8-14(18)17-13/h2-5,8H,6-7,9,15H2,1H3,(H,16,17,18). The van der Waals surface area contributed by atoms with E-state index in [1.165, 1.54) is 16.5 Å². The first-order valence-electron chi connectivity index (χ1n) is 6.16. The van der Waals surface area contributed by atoms with Crippen molar-refractivity contribution in [3.8, 4) is 0 Å². The zero-order valence-electron chi connectivity index (χ0n) is 10.8. The van der Waals surface area contributed by atoms with Crippen LogP contribution in [0.5, 0.6) is 0 Å². The molecule has 1 heterocycles. The van der Waals surface area contributed by atoms with Gasteiger partial charge in [-0.15, -0.1) is 11.8 Å². The number of nitrogens with zero attached hydrogens (tertiary/aromatic N) is 1. The van der Waals surface area contributed by atoms with Crippen molar-refractivity contribution < 1.29 is 0 Å². The van der Waals surface area contributed by atoms with Gasteiger partial charge >= 0.3 is 0 Å². The molecule has 0 radical (unpaired) electrons. The summed E-state index contributed by atoms with van der Waals surface area (Å²) in [4.78, 5) is 19.9. The normalized spacial score (nSPS) is 10.6. The Hall–Kier alpha value is -1.59. The summed E-state index contributed by atoms with van der Waals surface area (Å²) in [6.07, 6.45) is 0.631. The number of aromatic nitrogens is 2. The second kappa shape index (κ2) is 6.54. The van der Waals surface area contributed by atoms with Gasteiger partial charge in [0.2, 0.25) is 0 Å². The minimum absolute atomic E-state index is 0.112. The van der Waals surface area contributed by atoms with Crippen LogP contribution < -0.4 is 11.3 Å². The number of hydrogen-bond donors (Lipinski definition) is 2. The fraction of sp³-hybridized carbons (Fsp3) is 0.286. The third-order valence-corrected chi connectivity index (χ3v) is 3.89. The van der Waals surface area contributed by atoms with Crippen LogP contribution in [0.25, 0.3) is 0 Å². The first kappa shape index (κ1) is 13.8. The van der Waals surface area contributed by atoms with Gasteiger partial charge in [0.15, 0.2) is 0 Å². The van der Waals surface area contributed by atoms with Gasteiger partial charge in [0.1, 0.15) is 5.82 Å². The van der Waals surface area contributed by atoms with Crippen LogP contribution in [0.15, 0.2) is 40.0 Å². The molecule has 0 fully saturated rings. The van der Waals surface area contributed by atoms with Gasteiger partial charge in [-0.05, 0) is 25.1 Å². The van der Waals surface area contributed by atoms with Crippen molar-refractivity contribution in [3.63, 3.8) is 0 Å². The molecule has 0 saturated carbocycles. The van der Waals surface area contributed by atoms with Crippen molar-refractivity contribution in [2.45, 2.75) is 24.0 Å². The number of aromatic amines is 1. The maximum atomic E-state index is 11.5. The Morgan fingerprint density at radius 1 is 1.37 bits per heavy atom. The number of nitrogens with two attached hydrogens (primary N) is 1. The second-order valence-corrected chi connectivity index (χ2v) is 5.29. The minimum Gasteiger partial charge on any atom is -0.330 e. The topological polar surface area (TPSA) is 71.8 Å². The molecule has 3 N–H and O–H groups in total. The SMILES string of the molecule is Cc1ccccc1SCc1nc(CCN)cc(=O)[nH]1. The Kier molecular flexibility index (Phi) is 4.76. The zero-order chi connectivity index (χ0) is 13.7. The number of rotatable bonds is 5. The molecule has 0 spiro atoms.